The molecule has 21 heavy (non-hydrogen) atoms. The van der Waals surface area contributed by atoms with E-state index in [9.17, 15) is 24.1 Å². The molecular formula is C13H16FN3O4. The molecular weight excluding hydrogens is 281 g/mol. The number of carbonyl (C=O) groups excluding carboxylic acids is 2. The summed E-state index contributed by atoms with van der Waals surface area (Å²) in [6, 6.07) is 2.66. The Morgan fingerprint density at radius 3 is 2.48 bits per heavy atom. The minimum absolute atomic E-state index is 0.0883. The summed E-state index contributed by atoms with van der Waals surface area (Å²) in [5, 5.41) is 15.7. The Balaban J connectivity index is 2.62. The number of benzene rings is 1. The Bertz CT molecular complexity index is 560. The van der Waals surface area contributed by atoms with E-state index in [1.807, 2.05) is 0 Å². The highest BCUT2D eigenvalue weighted by Crippen LogP contribution is 2.19. The third kappa shape index (κ3) is 4.83. The van der Waals surface area contributed by atoms with Crippen LogP contribution in [0.3, 0.4) is 0 Å². The monoisotopic (exact) mass is 297 g/mol. The van der Waals surface area contributed by atoms with Crippen molar-refractivity contribution in [2.24, 2.45) is 5.92 Å². The van der Waals surface area contributed by atoms with Crippen LogP contribution in [0.4, 0.5) is 10.1 Å². The fourth-order valence-corrected chi connectivity index (χ4v) is 1.51. The molecule has 2 N–H and O–H groups in total. The number of rotatable bonds is 6. The summed E-state index contributed by atoms with van der Waals surface area (Å²) in [7, 11) is 0. The number of amides is 2. The molecule has 0 fully saturated rings. The molecule has 0 unspecified atom stereocenters. The van der Waals surface area contributed by atoms with Gasteiger partial charge in [-0.25, -0.2) is 4.39 Å². The van der Waals surface area contributed by atoms with E-state index >= 15 is 0 Å². The first-order valence-corrected chi connectivity index (χ1v) is 6.32. The van der Waals surface area contributed by atoms with Crippen molar-refractivity contribution in [3.8, 4) is 0 Å². The third-order valence-electron chi connectivity index (χ3n) is 2.63. The van der Waals surface area contributed by atoms with Gasteiger partial charge in [-0.05, 0) is 12.1 Å². The molecule has 2 amide bonds. The van der Waals surface area contributed by atoms with Crippen molar-refractivity contribution in [3.05, 3.63) is 39.7 Å². The van der Waals surface area contributed by atoms with Gasteiger partial charge in [-0.15, -0.1) is 0 Å². The van der Waals surface area contributed by atoms with E-state index in [2.05, 4.69) is 10.6 Å². The summed E-state index contributed by atoms with van der Waals surface area (Å²) in [5.74, 6) is -1.84. The Morgan fingerprint density at radius 2 is 1.90 bits per heavy atom. The number of hydrogen-bond donors (Lipinski definition) is 2. The highest BCUT2D eigenvalue weighted by Gasteiger charge is 2.20. The molecule has 0 aromatic heterocycles. The summed E-state index contributed by atoms with van der Waals surface area (Å²) < 4.78 is 13.1. The van der Waals surface area contributed by atoms with Gasteiger partial charge in [-0.1, -0.05) is 13.8 Å². The van der Waals surface area contributed by atoms with E-state index in [0.29, 0.717) is 0 Å². The first-order valence-electron chi connectivity index (χ1n) is 6.32. The number of nitro benzene ring substituents is 1. The maximum absolute atomic E-state index is 13.1. The van der Waals surface area contributed by atoms with Crippen LogP contribution >= 0.6 is 0 Å². The molecule has 8 heteroatoms. The number of nitrogens with zero attached hydrogens (tertiary/aromatic N) is 1. The quantitative estimate of drug-likeness (QED) is 0.468. The fourth-order valence-electron chi connectivity index (χ4n) is 1.51. The fraction of sp³-hybridized carbons (Fsp3) is 0.385. The van der Waals surface area contributed by atoms with E-state index in [1.54, 1.807) is 13.8 Å². The highest BCUT2D eigenvalue weighted by atomic mass is 19.1. The van der Waals surface area contributed by atoms with Gasteiger partial charge in [0.2, 0.25) is 5.91 Å². The zero-order valence-electron chi connectivity index (χ0n) is 11.7. The summed E-state index contributed by atoms with van der Waals surface area (Å²) in [5.41, 5.74) is -0.824. The first-order chi connectivity index (χ1) is 9.82. The average molecular weight is 297 g/mol. The van der Waals surface area contributed by atoms with Crippen molar-refractivity contribution in [2.45, 2.75) is 13.8 Å². The maximum Gasteiger partial charge on any atom is 0.282 e. The Morgan fingerprint density at radius 1 is 1.29 bits per heavy atom. The molecule has 1 aromatic rings. The van der Waals surface area contributed by atoms with Gasteiger partial charge in [-0.2, -0.15) is 0 Å². The van der Waals surface area contributed by atoms with Crippen LogP contribution in [0.25, 0.3) is 0 Å². The second kappa shape index (κ2) is 7.32. The van der Waals surface area contributed by atoms with Gasteiger partial charge < -0.3 is 10.6 Å². The lowest BCUT2D eigenvalue weighted by atomic mass is 10.1. The molecule has 0 spiro atoms. The largest absolute Gasteiger partial charge is 0.354 e. The van der Waals surface area contributed by atoms with Crippen LogP contribution in [0.15, 0.2) is 18.2 Å². The summed E-state index contributed by atoms with van der Waals surface area (Å²) >= 11 is 0. The van der Waals surface area contributed by atoms with Crippen LogP contribution in [-0.4, -0.2) is 29.8 Å². The lowest BCUT2D eigenvalue weighted by Crippen LogP contribution is -2.36. The van der Waals surface area contributed by atoms with Crippen molar-refractivity contribution < 1.29 is 18.9 Å². The van der Waals surface area contributed by atoms with Crippen molar-refractivity contribution in [1.82, 2.24) is 10.6 Å². The first kappa shape index (κ1) is 16.5. The summed E-state index contributed by atoms with van der Waals surface area (Å²) in [6.45, 7) is 3.73. The lowest BCUT2D eigenvalue weighted by Gasteiger charge is -2.09. The van der Waals surface area contributed by atoms with Gasteiger partial charge >= 0.3 is 0 Å². The van der Waals surface area contributed by atoms with E-state index in [4.69, 9.17) is 0 Å². The number of nitro groups is 1. The van der Waals surface area contributed by atoms with Gasteiger partial charge in [0.15, 0.2) is 0 Å². The van der Waals surface area contributed by atoms with Crippen molar-refractivity contribution >= 4 is 17.5 Å². The molecule has 0 aliphatic rings. The number of carbonyl (C=O) groups is 2. The highest BCUT2D eigenvalue weighted by molar-refractivity contribution is 5.98. The van der Waals surface area contributed by atoms with Gasteiger partial charge in [0, 0.05) is 25.1 Å². The van der Waals surface area contributed by atoms with Crippen LogP contribution in [0.1, 0.15) is 24.2 Å². The lowest BCUT2D eigenvalue weighted by molar-refractivity contribution is -0.385. The van der Waals surface area contributed by atoms with Gasteiger partial charge in [-0.3, -0.25) is 19.7 Å². The molecule has 114 valence electrons. The minimum Gasteiger partial charge on any atom is -0.354 e. The van der Waals surface area contributed by atoms with Crippen LogP contribution < -0.4 is 10.6 Å². The van der Waals surface area contributed by atoms with Gasteiger partial charge in [0.25, 0.3) is 11.6 Å². The molecule has 0 saturated heterocycles. The van der Waals surface area contributed by atoms with Crippen molar-refractivity contribution in [1.29, 1.82) is 0 Å². The summed E-state index contributed by atoms with van der Waals surface area (Å²) in [4.78, 5) is 33.1. The van der Waals surface area contributed by atoms with E-state index in [0.717, 1.165) is 18.2 Å². The maximum atomic E-state index is 13.1. The van der Waals surface area contributed by atoms with Crippen LogP contribution in [-0.2, 0) is 4.79 Å². The second-order valence-electron chi connectivity index (χ2n) is 4.62. The zero-order valence-corrected chi connectivity index (χ0v) is 11.7. The normalized spacial score (nSPS) is 10.3. The number of halogens is 1. The zero-order chi connectivity index (χ0) is 16.0. The van der Waals surface area contributed by atoms with Crippen LogP contribution in [0.5, 0.6) is 0 Å². The molecule has 1 aromatic carbocycles. The van der Waals surface area contributed by atoms with E-state index in [-0.39, 0.29) is 30.5 Å². The molecule has 0 aliphatic carbocycles. The van der Waals surface area contributed by atoms with Crippen molar-refractivity contribution in [2.75, 3.05) is 13.1 Å². The van der Waals surface area contributed by atoms with Gasteiger partial charge in [0.05, 0.1) is 4.92 Å². The second-order valence-corrected chi connectivity index (χ2v) is 4.62. The van der Waals surface area contributed by atoms with E-state index in [1.165, 1.54) is 0 Å². The number of hydrogen-bond acceptors (Lipinski definition) is 4. The molecule has 0 aliphatic heterocycles. The summed E-state index contributed by atoms with van der Waals surface area (Å²) in [6.07, 6.45) is 0. The molecule has 1 rings (SSSR count). The van der Waals surface area contributed by atoms with Crippen LogP contribution in [0, 0.1) is 21.8 Å². The predicted molar refractivity (Wildman–Crippen MR) is 73.2 cm³/mol. The SMILES string of the molecule is CC(C)C(=O)NCCNC(=O)c1cc(F)ccc1[N+](=O)[O-]. The van der Waals surface area contributed by atoms with Crippen LogP contribution in [0.2, 0.25) is 0 Å². The topological polar surface area (TPSA) is 101 Å². The average Bonchev–Trinajstić information content (AvgIpc) is 2.42. The molecule has 0 bridgehead atoms. The molecule has 0 heterocycles. The predicted octanol–water partition coefficient (Wildman–Crippen LogP) is 1.24. The molecule has 0 radical (unpaired) electrons. The Kier molecular flexibility index (Phi) is 5.77. The minimum atomic E-state index is -0.764. The molecule has 0 atom stereocenters. The Hall–Kier alpha value is -2.51. The number of nitrogens with one attached hydrogen (secondary N) is 2. The third-order valence-corrected chi connectivity index (χ3v) is 2.63. The van der Waals surface area contributed by atoms with Crippen molar-refractivity contribution in [3.63, 3.8) is 0 Å². The molecule has 7 nitrogen and oxygen atoms in total. The smallest absolute Gasteiger partial charge is 0.282 e. The molecule has 0 saturated carbocycles. The standard InChI is InChI=1S/C13H16FN3O4/c1-8(2)12(18)15-5-6-16-13(19)10-7-9(14)3-4-11(10)17(20)21/h3-4,7-8H,5-6H2,1-2H3,(H,15,18)(H,16,19). The van der Waals surface area contributed by atoms with E-state index < -0.39 is 22.3 Å². The Labute approximate surface area is 120 Å². The van der Waals surface area contributed by atoms with Gasteiger partial charge in [0.1, 0.15) is 11.4 Å².